The van der Waals surface area contributed by atoms with Gasteiger partial charge >= 0.3 is 0 Å². The van der Waals surface area contributed by atoms with E-state index in [0.717, 1.165) is 27.5 Å². The lowest BCUT2D eigenvalue weighted by Gasteiger charge is -2.13. The molecule has 4 aromatic rings. The zero-order valence-electron chi connectivity index (χ0n) is 14.7. The van der Waals surface area contributed by atoms with Crippen molar-refractivity contribution in [1.29, 1.82) is 0 Å². The van der Waals surface area contributed by atoms with Crippen LogP contribution in [0.4, 0.5) is 0 Å². The number of methoxy groups -OCH3 is 1. The minimum Gasteiger partial charge on any atom is -0.497 e. The maximum absolute atomic E-state index is 12.6. The largest absolute Gasteiger partial charge is 0.497 e. The standard InChI is InChI=1S/C22H19NO3/c1-14(15-7-10-17(25-2)11-8-15)23-22(24)21-13-19-18-6-4-3-5-16(18)9-12-20(19)26-21/h3-14H,1-2H3,(H,23,24)/t14-/m1/s1. The van der Waals surface area contributed by atoms with Crippen molar-refractivity contribution in [2.24, 2.45) is 0 Å². The maximum atomic E-state index is 12.6. The van der Waals surface area contributed by atoms with Gasteiger partial charge in [-0.05, 0) is 47.5 Å². The first kappa shape index (κ1) is 16.2. The first-order valence-electron chi connectivity index (χ1n) is 8.52. The number of nitrogens with one attached hydrogen (secondary N) is 1. The Bertz CT molecular complexity index is 1080. The number of benzene rings is 3. The van der Waals surface area contributed by atoms with E-state index in [-0.39, 0.29) is 11.9 Å². The molecule has 4 heteroatoms. The Balaban J connectivity index is 1.60. The van der Waals surface area contributed by atoms with Crippen molar-refractivity contribution in [3.63, 3.8) is 0 Å². The van der Waals surface area contributed by atoms with Gasteiger partial charge in [0.1, 0.15) is 11.3 Å². The van der Waals surface area contributed by atoms with Crippen LogP contribution in [0.25, 0.3) is 21.7 Å². The van der Waals surface area contributed by atoms with Crippen LogP contribution < -0.4 is 10.1 Å². The second-order valence-corrected chi connectivity index (χ2v) is 6.28. The lowest BCUT2D eigenvalue weighted by atomic mass is 10.1. The molecule has 4 nitrogen and oxygen atoms in total. The van der Waals surface area contributed by atoms with E-state index in [4.69, 9.17) is 9.15 Å². The molecule has 0 saturated carbocycles. The van der Waals surface area contributed by atoms with E-state index in [2.05, 4.69) is 5.32 Å². The van der Waals surface area contributed by atoms with E-state index in [1.807, 2.05) is 73.7 Å². The van der Waals surface area contributed by atoms with E-state index < -0.39 is 0 Å². The molecular weight excluding hydrogens is 326 g/mol. The molecule has 130 valence electrons. The third-order valence-electron chi connectivity index (χ3n) is 4.61. The molecule has 0 fully saturated rings. The van der Waals surface area contributed by atoms with Gasteiger partial charge in [0.15, 0.2) is 5.76 Å². The van der Waals surface area contributed by atoms with Gasteiger partial charge in [-0.1, -0.05) is 42.5 Å². The zero-order chi connectivity index (χ0) is 18.1. The van der Waals surface area contributed by atoms with Crippen molar-refractivity contribution >= 4 is 27.6 Å². The number of hydrogen-bond acceptors (Lipinski definition) is 3. The van der Waals surface area contributed by atoms with Crippen molar-refractivity contribution in [3.05, 3.63) is 78.1 Å². The molecule has 1 atom stereocenters. The summed E-state index contributed by atoms with van der Waals surface area (Å²) >= 11 is 0. The molecule has 0 radical (unpaired) electrons. The number of rotatable bonds is 4. The minimum absolute atomic E-state index is 0.140. The Morgan fingerprint density at radius 2 is 1.77 bits per heavy atom. The average Bonchev–Trinajstić information content (AvgIpc) is 3.13. The van der Waals surface area contributed by atoms with Crippen LogP contribution in [0.3, 0.4) is 0 Å². The van der Waals surface area contributed by atoms with Crippen LogP contribution >= 0.6 is 0 Å². The number of ether oxygens (including phenoxy) is 1. The summed E-state index contributed by atoms with van der Waals surface area (Å²) in [5.74, 6) is 0.877. The van der Waals surface area contributed by atoms with Gasteiger partial charge in [0, 0.05) is 5.39 Å². The molecule has 0 spiro atoms. The third kappa shape index (κ3) is 2.90. The SMILES string of the molecule is COc1ccc([C@@H](C)NC(=O)c2cc3c(ccc4ccccc43)o2)cc1. The van der Waals surface area contributed by atoms with Crippen molar-refractivity contribution < 1.29 is 13.9 Å². The molecule has 1 amide bonds. The molecule has 26 heavy (non-hydrogen) atoms. The Hall–Kier alpha value is -3.27. The summed E-state index contributed by atoms with van der Waals surface area (Å²) in [5.41, 5.74) is 1.71. The van der Waals surface area contributed by atoms with Crippen LogP contribution in [-0.4, -0.2) is 13.0 Å². The van der Waals surface area contributed by atoms with E-state index in [0.29, 0.717) is 11.3 Å². The van der Waals surface area contributed by atoms with Gasteiger partial charge in [0.05, 0.1) is 13.2 Å². The Kier molecular flexibility index (Phi) is 4.09. The highest BCUT2D eigenvalue weighted by atomic mass is 16.5. The predicted molar refractivity (Wildman–Crippen MR) is 103 cm³/mol. The van der Waals surface area contributed by atoms with Crippen molar-refractivity contribution in [3.8, 4) is 5.75 Å². The van der Waals surface area contributed by atoms with Gasteiger partial charge in [-0.3, -0.25) is 4.79 Å². The molecule has 4 rings (SSSR count). The molecule has 0 unspecified atom stereocenters. The summed E-state index contributed by atoms with van der Waals surface area (Å²) in [6.45, 7) is 1.94. The van der Waals surface area contributed by atoms with Crippen molar-refractivity contribution in [1.82, 2.24) is 5.32 Å². The quantitative estimate of drug-likeness (QED) is 0.561. The fourth-order valence-corrected chi connectivity index (χ4v) is 3.15. The number of hydrogen-bond donors (Lipinski definition) is 1. The molecule has 0 aliphatic heterocycles. The Morgan fingerprint density at radius 3 is 2.54 bits per heavy atom. The summed E-state index contributed by atoms with van der Waals surface area (Å²) in [7, 11) is 1.63. The summed E-state index contributed by atoms with van der Waals surface area (Å²) in [6, 6.07) is 21.3. The lowest BCUT2D eigenvalue weighted by Crippen LogP contribution is -2.26. The van der Waals surface area contributed by atoms with Gasteiger partial charge < -0.3 is 14.5 Å². The van der Waals surface area contributed by atoms with Gasteiger partial charge in [0.2, 0.25) is 0 Å². The Labute approximate surface area is 151 Å². The number of carbonyl (C=O) groups excluding carboxylic acids is 1. The van der Waals surface area contributed by atoms with Gasteiger partial charge in [0.25, 0.3) is 5.91 Å². The maximum Gasteiger partial charge on any atom is 0.287 e. The molecule has 0 aliphatic rings. The number of furan rings is 1. The smallest absolute Gasteiger partial charge is 0.287 e. The van der Waals surface area contributed by atoms with Crippen LogP contribution in [0.1, 0.15) is 29.1 Å². The van der Waals surface area contributed by atoms with Crippen LogP contribution in [-0.2, 0) is 0 Å². The van der Waals surface area contributed by atoms with E-state index in [9.17, 15) is 4.79 Å². The monoisotopic (exact) mass is 345 g/mol. The molecule has 0 aliphatic carbocycles. The highest BCUT2D eigenvalue weighted by Gasteiger charge is 2.16. The van der Waals surface area contributed by atoms with Crippen LogP contribution in [0.2, 0.25) is 0 Å². The van der Waals surface area contributed by atoms with E-state index >= 15 is 0 Å². The molecule has 1 heterocycles. The average molecular weight is 345 g/mol. The topological polar surface area (TPSA) is 51.5 Å². The summed E-state index contributed by atoms with van der Waals surface area (Å²) in [6.07, 6.45) is 0. The van der Waals surface area contributed by atoms with Gasteiger partial charge in [-0.2, -0.15) is 0 Å². The zero-order valence-corrected chi connectivity index (χ0v) is 14.7. The molecule has 0 bridgehead atoms. The Morgan fingerprint density at radius 1 is 1.00 bits per heavy atom. The van der Waals surface area contributed by atoms with Gasteiger partial charge in [-0.25, -0.2) is 0 Å². The van der Waals surface area contributed by atoms with Gasteiger partial charge in [-0.15, -0.1) is 0 Å². The van der Waals surface area contributed by atoms with Crippen LogP contribution in [0.5, 0.6) is 5.75 Å². The highest BCUT2D eigenvalue weighted by molar-refractivity contribution is 6.08. The second-order valence-electron chi connectivity index (χ2n) is 6.28. The van der Waals surface area contributed by atoms with Crippen molar-refractivity contribution in [2.45, 2.75) is 13.0 Å². The number of carbonyl (C=O) groups is 1. The number of amides is 1. The summed E-state index contributed by atoms with van der Waals surface area (Å²) in [4.78, 5) is 12.6. The third-order valence-corrected chi connectivity index (χ3v) is 4.61. The van der Waals surface area contributed by atoms with Crippen LogP contribution in [0, 0.1) is 0 Å². The predicted octanol–water partition coefficient (Wildman–Crippen LogP) is 5.09. The molecule has 1 N–H and O–H groups in total. The number of fused-ring (bicyclic) bond motifs is 3. The lowest BCUT2D eigenvalue weighted by molar-refractivity contribution is 0.0914. The highest BCUT2D eigenvalue weighted by Crippen LogP contribution is 2.28. The molecular formula is C22H19NO3. The first-order valence-corrected chi connectivity index (χ1v) is 8.52. The normalized spacial score (nSPS) is 12.2. The fourth-order valence-electron chi connectivity index (χ4n) is 3.15. The van der Waals surface area contributed by atoms with Crippen LogP contribution in [0.15, 0.2) is 71.1 Å². The minimum atomic E-state index is -0.228. The first-order chi connectivity index (χ1) is 12.7. The van der Waals surface area contributed by atoms with E-state index in [1.54, 1.807) is 7.11 Å². The summed E-state index contributed by atoms with van der Waals surface area (Å²) in [5, 5.41) is 6.14. The second kappa shape index (κ2) is 6.56. The van der Waals surface area contributed by atoms with E-state index in [1.165, 1.54) is 0 Å². The summed E-state index contributed by atoms with van der Waals surface area (Å²) < 4.78 is 10.9. The molecule has 1 aromatic heterocycles. The molecule has 3 aromatic carbocycles. The van der Waals surface area contributed by atoms with Crippen molar-refractivity contribution in [2.75, 3.05) is 7.11 Å². The fraction of sp³-hybridized carbons (Fsp3) is 0.136. The molecule has 0 saturated heterocycles.